The van der Waals surface area contributed by atoms with E-state index in [2.05, 4.69) is 20.8 Å². The molecule has 3 rings (SSSR count). The molecule has 0 unspecified atom stereocenters. The minimum Gasteiger partial charge on any atom is -0.505 e. The molecule has 1 heterocycles. The maximum Gasteiger partial charge on any atom is 0.287 e. The van der Waals surface area contributed by atoms with Crippen molar-refractivity contribution in [2.24, 2.45) is 5.10 Å². The van der Waals surface area contributed by atoms with Crippen LogP contribution in [0.2, 0.25) is 0 Å². The lowest BCUT2D eigenvalue weighted by atomic mass is 10.1. The highest BCUT2D eigenvalue weighted by molar-refractivity contribution is 6.05. The summed E-state index contributed by atoms with van der Waals surface area (Å²) in [5, 5.41) is 26.2. The molecule has 0 saturated heterocycles. The number of methoxy groups -OCH3 is 1. The molecule has 0 fully saturated rings. The highest BCUT2D eigenvalue weighted by Gasteiger charge is 2.15. The number of hydrogen-bond acceptors (Lipinski definition) is 7. The van der Waals surface area contributed by atoms with Gasteiger partial charge in [-0.15, -0.1) is 0 Å². The molecule has 0 aliphatic carbocycles. The van der Waals surface area contributed by atoms with E-state index in [4.69, 9.17) is 4.74 Å². The second kappa shape index (κ2) is 11.4. The monoisotopic (exact) mass is 460 g/mol. The summed E-state index contributed by atoms with van der Waals surface area (Å²) in [7, 11) is 1.55. The first-order valence-electron chi connectivity index (χ1n) is 10.3. The molecule has 2 aromatic carbocycles. The number of benzene rings is 2. The lowest BCUT2D eigenvalue weighted by Gasteiger charge is -2.10. The molecular weight excluding hydrogens is 436 g/mol. The molecule has 0 saturated carbocycles. The van der Waals surface area contributed by atoms with Gasteiger partial charge in [-0.2, -0.15) is 5.10 Å². The number of hydrazone groups is 1. The largest absolute Gasteiger partial charge is 0.505 e. The van der Waals surface area contributed by atoms with Crippen LogP contribution in [-0.2, 0) is 11.4 Å². The molecule has 174 valence electrons. The highest BCUT2D eigenvalue weighted by atomic mass is 16.5. The molecule has 0 bridgehead atoms. The summed E-state index contributed by atoms with van der Waals surface area (Å²) in [4.78, 5) is 29.5. The van der Waals surface area contributed by atoms with Crippen molar-refractivity contribution in [3.63, 3.8) is 0 Å². The van der Waals surface area contributed by atoms with Crippen molar-refractivity contribution in [1.82, 2.24) is 15.7 Å². The molecule has 0 atom stereocenters. The molecule has 9 heteroatoms. The zero-order valence-electron chi connectivity index (χ0n) is 18.6. The minimum atomic E-state index is -0.688. The molecule has 1 aromatic heterocycles. The number of aromatic nitrogens is 1. The van der Waals surface area contributed by atoms with Crippen molar-refractivity contribution in [2.45, 2.75) is 13.5 Å². The minimum absolute atomic E-state index is 0.0475. The second-order valence-electron chi connectivity index (χ2n) is 7.14. The number of aryl methyl sites for hydroxylation is 1. The fourth-order valence-corrected chi connectivity index (χ4v) is 2.95. The summed E-state index contributed by atoms with van der Waals surface area (Å²) >= 11 is 0. The van der Waals surface area contributed by atoms with Gasteiger partial charge in [0.2, 0.25) is 0 Å². The number of nitrogens with zero attached hydrogens (tertiary/aromatic N) is 2. The number of aromatic hydroxyl groups is 1. The summed E-state index contributed by atoms with van der Waals surface area (Å²) in [6.45, 7) is 1.23. The number of rotatable bonds is 8. The Morgan fingerprint density at radius 1 is 1.12 bits per heavy atom. The van der Waals surface area contributed by atoms with Gasteiger partial charge in [0.05, 0.1) is 25.6 Å². The van der Waals surface area contributed by atoms with Crippen LogP contribution < -0.4 is 15.5 Å². The third-order valence-electron chi connectivity index (χ3n) is 4.84. The zero-order valence-corrected chi connectivity index (χ0v) is 18.6. The van der Waals surface area contributed by atoms with Crippen LogP contribution in [-0.4, -0.2) is 40.3 Å². The third-order valence-corrected chi connectivity index (χ3v) is 4.84. The van der Waals surface area contributed by atoms with Gasteiger partial charge in [-0.1, -0.05) is 30.3 Å². The summed E-state index contributed by atoms with van der Waals surface area (Å²) in [5.74, 6) is -0.666. The van der Waals surface area contributed by atoms with Crippen molar-refractivity contribution in [3.8, 4) is 11.5 Å². The van der Waals surface area contributed by atoms with E-state index >= 15 is 0 Å². The molecule has 4 N–H and O–H groups in total. The van der Waals surface area contributed by atoms with E-state index in [-0.39, 0.29) is 23.6 Å². The Hall–Kier alpha value is -4.50. The summed E-state index contributed by atoms with van der Waals surface area (Å²) in [6.07, 6.45) is 4.11. The Labute approximate surface area is 196 Å². The molecule has 2 amide bonds. The average molecular weight is 460 g/mol. The van der Waals surface area contributed by atoms with Crippen molar-refractivity contribution < 1.29 is 24.5 Å². The lowest BCUT2D eigenvalue weighted by molar-refractivity contribution is -0.117. The number of carbonyl (C=O) groups is 2. The summed E-state index contributed by atoms with van der Waals surface area (Å²) < 4.78 is 5.14. The van der Waals surface area contributed by atoms with Crippen molar-refractivity contribution >= 4 is 24.1 Å². The quantitative estimate of drug-likeness (QED) is 0.232. The molecular formula is C25H24N4O5. The maximum atomic E-state index is 12.9. The normalized spacial score (nSPS) is 11.3. The Bertz CT molecular complexity index is 1220. The number of nitrogens with one attached hydrogen (secondary N) is 2. The molecule has 0 radical (unpaired) electrons. The van der Waals surface area contributed by atoms with Crippen LogP contribution in [0.5, 0.6) is 11.5 Å². The fraction of sp³-hybridized carbons (Fsp3) is 0.120. The third kappa shape index (κ3) is 6.05. The van der Waals surface area contributed by atoms with Gasteiger partial charge in [0.1, 0.15) is 17.2 Å². The Morgan fingerprint density at radius 3 is 2.47 bits per heavy atom. The van der Waals surface area contributed by atoms with E-state index in [0.717, 1.165) is 0 Å². The molecule has 0 aliphatic rings. The van der Waals surface area contributed by atoms with E-state index in [1.807, 2.05) is 0 Å². The molecule has 0 aliphatic heterocycles. The van der Waals surface area contributed by atoms with Crippen molar-refractivity contribution in [2.75, 3.05) is 7.11 Å². The number of carbonyl (C=O) groups excluding carboxylic acids is 2. The topological polar surface area (TPSA) is 133 Å². The van der Waals surface area contributed by atoms with Crippen LogP contribution in [0.1, 0.15) is 32.7 Å². The van der Waals surface area contributed by atoms with Gasteiger partial charge in [-0.05, 0) is 42.8 Å². The standard InChI is InChI=1S/C25H24N4O5/c1-16-23(31)21(19(15-30)13-26-16)14-27-29-25(33)22(12-17-8-10-20(34-2)11-9-17)28-24(32)18-6-4-3-5-7-18/h3-14,30-31H,15H2,1-2H3,(H,28,32)(H,29,33). The van der Waals surface area contributed by atoms with E-state index in [1.54, 1.807) is 68.6 Å². The number of aliphatic hydroxyl groups excluding tert-OH is 1. The Kier molecular flexibility index (Phi) is 8.09. The smallest absolute Gasteiger partial charge is 0.287 e. The fourth-order valence-electron chi connectivity index (χ4n) is 2.95. The number of amides is 2. The van der Waals surface area contributed by atoms with Crippen LogP contribution in [0.4, 0.5) is 0 Å². The van der Waals surface area contributed by atoms with Gasteiger partial charge < -0.3 is 20.3 Å². The molecule has 34 heavy (non-hydrogen) atoms. The van der Waals surface area contributed by atoms with Crippen molar-refractivity contribution in [3.05, 3.63) is 94.4 Å². The Morgan fingerprint density at radius 2 is 1.82 bits per heavy atom. The van der Waals surface area contributed by atoms with Crippen LogP contribution >= 0.6 is 0 Å². The van der Waals surface area contributed by atoms with Crippen LogP contribution in [0.15, 0.2) is 71.6 Å². The van der Waals surface area contributed by atoms with Crippen LogP contribution in [0.25, 0.3) is 6.08 Å². The molecule has 3 aromatic rings. The van der Waals surface area contributed by atoms with Gasteiger partial charge in [0.15, 0.2) is 0 Å². The van der Waals surface area contributed by atoms with E-state index in [1.165, 1.54) is 18.5 Å². The average Bonchev–Trinajstić information content (AvgIpc) is 2.87. The van der Waals surface area contributed by atoms with E-state index in [0.29, 0.717) is 28.1 Å². The Balaban J connectivity index is 1.85. The van der Waals surface area contributed by atoms with Crippen LogP contribution in [0, 0.1) is 6.92 Å². The zero-order chi connectivity index (χ0) is 24.5. The maximum absolute atomic E-state index is 12.9. The number of aliphatic hydroxyl groups is 1. The first-order valence-corrected chi connectivity index (χ1v) is 10.3. The first kappa shape index (κ1) is 24.1. The van der Waals surface area contributed by atoms with Gasteiger partial charge in [-0.3, -0.25) is 14.6 Å². The van der Waals surface area contributed by atoms with Crippen molar-refractivity contribution in [1.29, 1.82) is 0 Å². The lowest BCUT2D eigenvalue weighted by Crippen LogP contribution is -2.32. The molecule has 0 spiro atoms. The van der Waals surface area contributed by atoms with Gasteiger partial charge >= 0.3 is 0 Å². The SMILES string of the molecule is COc1ccc(C=C(NC(=O)c2ccccc2)C(=O)NN=Cc2c(CO)cnc(C)c2O)cc1. The van der Waals surface area contributed by atoms with Gasteiger partial charge in [-0.25, -0.2) is 5.43 Å². The number of pyridine rings is 1. The predicted octanol–water partition coefficient (Wildman–Crippen LogP) is 2.52. The summed E-state index contributed by atoms with van der Waals surface area (Å²) in [6, 6.07) is 15.4. The first-order chi connectivity index (χ1) is 16.4. The summed E-state index contributed by atoms with van der Waals surface area (Å²) in [5.41, 5.74) is 4.23. The van der Waals surface area contributed by atoms with E-state index in [9.17, 15) is 19.8 Å². The highest BCUT2D eigenvalue weighted by Crippen LogP contribution is 2.21. The number of ether oxygens (including phenoxy) is 1. The molecule has 9 nitrogen and oxygen atoms in total. The van der Waals surface area contributed by atoms with Gasteiger partial charge in [0, 0.05) is 22.9 Å². The second-order valence-corrected chi connectivity index (χ2v) is 7.14. The number of hydrogen-bond donors (Lipinski definition) is 4. The van der Waals surface area contributed by atoms with Crippen LogP contribution in [0.3, 0.4) is 0 Å². The van der Waals surface area contributed by atoms with Gasteiger partial charge in [0.25, 0.3) is 11.8 Å². The predicted molar refractivity (Wildman–Crippen MR) is 127 cm³/mol. The van der Waals surface area contributed by atoms with E-state index < -0.39 is 11.8 Å².